The van der Waals surface area contributed by atoms with Gasteiger partial charge in [-0.1, -0.05) is 27.5 Å². The third kappa shape index (κ3) is 6.12. The van der Waals surface area contributed by atoms with Crippen molar-refractivity contribution in [3.63, 3.8) is 0 Å². The van der Waals surface area contributed by atoms with E-state index in [2.05, 4.69) is 64.7 Å². The predicted octanol–water partition coefficient (Wildman–Crippen LogP) is 6.69. The van der Waals surface area contributed by atoms with Gasteiger partial charge in [0.2, 0.25) is 0 Å². The molecule has 0 radical (unpaired) electrons. The number of anilines is 2. The molecule has 0 unspecified atom stereocenters. The predicted molar refractivity (Wildman–Crippen MR) is 155 cm³/mol. The Bertz CT molecular complexity index is 1270. The van der Waals surface area contributed by atoms with Gasteiger partial charge < -0.3 is 19.9 Å². The minimum Gasteiger partial charge on any atom is -0.496 e. The maximum Gasteiger partial charge on any atom is 0.257 e. The summed E-state index contributed by atoms with van der Waals surface area (Å²) in [5.41, 5.74) is 2.82. The Morgan fingerprint density at radius 3 is 2.31 bits per heavy atom. The van der Waals surface area contributed by atoms with E-state index in [0.29, 0.717) is 53.8 Å². The lowest BCUT2D eigenvalue weighted by atomic mass is 10.1. The van der Waals surface area contributed by atoms with Gasteiger partial charge in [0, 0.05) is 55.1 Å². The van der Waals surface area contributed by atoms with Gasteiger partial charge in [0.25, 0.3) is 11.8 Å². The number of benzene rings is 3. The molecule has 0 spiro atoms. The van der Waals surface area contributed by atoms with Crippen LogP contribution in [0.4, 0.5) is 11.4 Å². The molecule has 1 fully saturated rings. The zero-order chi connectivity index (χ0) is 25.1. The molecule has 1 N–H and O–H groups in total. The molecule has 2 amide bonds. The van der Waals surface area contributed by atoms with Crippen LogP contribution in [0.5, 0.6) is 5.75 Å². The van der Waals surface area contributed by atoms with E-state index in [4.69, 9.17) is 16.3 Å². The molecular weight excluding hydrogens is 712 g/mol. The van der Waals surface area contributed by atoms with Crippen molar-refractivity contribution < 1.29 is 14.3 Å². The van der Waals surface area contributed by atoms with Crippen LogP contribution in [0.25, 0.3) is 0 Å². The van der Waals surface area contributed by atoms with Gasteiger partial charge in [0.15, 0.2) is 0 Å². The molecule has 0 aromatic heterocycles. The van der Waals surface area contributed by atoms with Crippen molar-refractivity contribution in [2.45, 2.75) is 0 Å². The highest BCUT2D eigenvalue weighted by molar-refractivity contribution is 14.1. The van der Waals surface area contributed by atoms with Gasteiger partial charge in [-0.05, 0) is 93.1 Å². The summed E-state index contributed by atoms with van der Waals surface area (Å²) >= 11 is 15.2. The lowest BCUT2D eigenvalue weighted by molar-refractivity contribution is 0.0743. The number of carbonyl (C=O) groups excluding carboxylic acids is 2. The van der Waals surface area contributed by atoms with E-state index in [1.807, 2.05) is 35.2 Å². The van der Waals surface area contributed by atoms with Crippen LogP contribution in [0.1, 0.15) is 20.7 Å². The largest absolute Gasteiger partial charge is 0.496 e. The number of halogens is 4. The highest BCUT2D eigenvalue weighted by Gasteiger charge is 2.25. The number of piperazine rings is 1. The first-order valence-corrected chi connectivity index (χ1v) is 13.7. The quantitative estimate of drug-likeness (QED) is 0.235. The van der Waals surface area contributed by atoms with Crippen LogP contribution in [-0.2, 0) is 0 Å². The third-order valence-electron chi connectivity index (χ3n) is 5.69. The van der Waals surface area contributed by atoms with E-state index in [-0.39, 0.29) is 11.8 Å². The van der Waals surface area contributed by atoms with Gasteiger partial charge in [-0.2, -0.15) is 0 Å². The van der Waals surface area contributed by atoms with E-state index in [1.165, 1.54) is 0 Å². The van der Waals surface area contributed by atoms with Crippen molar-refractivity contribution in [3.8, 4) is 5.75 Å². The standard InChI is InChI=1S/C25H21Br2ClIN3O3/c1-35-22-7-2-16(28)14-19(22)25(34)32-10-8-31(9-11-32)18-5-3-17(4-6-18)30-24(33)20-12-15(26)13-21(27)23(20)29/h2-7,12-14H,8-11H2,1H3,(H,30,33). The summed E-state index contributed by atoms with van der Waals surface area (Å²) in [6, 6.07) is 16.5. The Hall–Kier alpha value is -1.82. The van der Waals surface area contributed by atoms with Crippen molar-refractivity contribution in [1.29, 1.82) is 0 Å². The monoisotopic (exact) mass is 731 g/mol. The number of ether oxygens (including phenoxy) is 1. The van der Waals surface area contributed by atoms with Crippen LogP contribution in [0.3, 0.4) is 0 Å². The second-order valence-corrected chi connectivity index (χ2v) is 11.2. The number of nitrogens with zero attached hydrogens (tertiary/aromatic N) is 2. The summed E-state index contributed by atoms with van der Waals surface area (Å²) < 4.78 is 7.88. The highest BCUT2D eigenvalue weighted by atomic mass is 127. The number of rotatable bonds is 5. The summed E-state index contributed by atoms with van der Waals surface area (Å²) in [5.74, 6) is 0.257. The molecular formula is C25H21Br2ClIN3O3. The maximum absolute atomic E-state index is 13.0. The second-order valence-electron chi connectivity index (χ2n) is 7.87. The minimum absolute atomic E-state index is 0.0872. The number of nitrogens with one attached hydrogen (secondary N) is 1. The van der Waals surface area contributed by atoms with E-state index >= 15 is 0 Å². The van der Waals surface area contributed by atoms with E-state index in [1.54, 1.807) is 31.4 Å². The SMILES string of the molecule is COc1ccc(Cl)cc1C(=O)N1CCN(c2ccc(NC(=O)c3cc(Br)cc(Br)c3I)cc2)CC1. The van der Waals surface area contributed by atoms with Gasteiger partial charge in [-0.25, -0.2) is 0 Å². The Labute approximate surface area is 239 Å². The molecule has 0 aliphatic carbocycles. The van der Waals surface area contributed by atoms with E-state index in [0.717, 1.165) is 18.2 Å². The first-order chi connectivity index (χ1) is 16.8. The fourth-order valence-corrected chi connectivity index (χ4v) is 5.81. The van der Waals surface area contributed by atoms with Crippen LogP contribution in [0.2, 0.25) is 5.02 Å². The Kier molecular flexibility index (Phi) is 8.62. The van der Waals surface area contributed by atoms with Crippen LogP contribution < -0.4 is 15.0 Å². The topological polar surface area (TPSA) is 61.9 Å². The van der Waals surface area contributed by atoms with Crippen molar-refractivity contribution in [2.75, 3.05) is 43.5 Å². The van der Waals surface area contributed by atoms with E-state index in [9.17, 15) is 9.59 Å². The number of hydrogen-bond donors (Lipinski definition) is 1. The van der Waals surface area contributed by atoms with Gasteiger partial charge >= 0.3 is 0 Å². The zero-order valence-electron chi connectivity index (χ0n) is 18.7. The molecule has 0 saturated carbocycles. The van der Waals surface area contributed by atoms with Crippen molar-refractivity contribution in [1.82, 2.24) is 4.90 Å². The molecule has 0 atom stereocenters. The average molecular weight is 734 g/mol. The zero-order valence-corrected chi connectivity index (χ0v) is 24.7. The second kappa shape index (κ2) is 11.5. The van der Waals surface area contributed by atoms with Crippen LogP contribution in [0, 0.1) is 3.57 Å². The fourth-order valence-electron chi connectivity index (χ4n) is 3.86. The average Bonchev–Trinajstić information content (AvgIpc) is 2.86. The summed E-state index contributed by atoms with van der Waals surface area (Å²) in [6.07, 6.45) is 0. The number of amides is 2. The summed E-state index contributed by atoms with van der Waals surface area (Å²) in [6.45, 7) is 2.57. The number of carbonyl (C=O) groups is 2. The van der Waals surface area contributed by atoms with Crippen LogP contribution in [-0.4, -0.2) is 50.0 Å². The number of methoxy groups -OCH3 is 1. The summed E-state index contributed by atoms with van der Waals surface area (Å²) in [5, 5.41) is 3.46. The molecule has 10 heteroatoms. The van der Waals surface area contributed by atoms with Crippen molar-refractivity contribution >= 4 is 89.2 Å². The Morgan fingerprint density at radius 1 is 0.971 bits per heavy atom. The molecule has 35 heavy (non-hydrogen) atoms. The van der Waals surface area contributed by atoms with Crippen molar-refractivity contribution in [2.24, 2.45) is 0 Å². The van der Waals surface area contributed by atoms with E-state index < -0.39 is 0 Å². The molecule has 182 valence electrons. The lowest BCUT2D eigenvalue weighted by Gasteiger charge is -2.36. The van der Waals surface area contributed by atoms with Gasteiger partial charge in [-0.15, -0.1) is 0 Å². The molecule has 6 nitrogen and oxygen atoms in total. The lowest BCUT2D eigenvalue weighted by Crippen LogP contribution is -2.48. The first kappa shape index (κ1) is 26.2. The molecule has 0 bridgehead atoms. The number of hydrogen-bond acceptors (Lipinski definition) is 4. The van der Waals surface area contributed by atoms with Crippen LogP contribution >= 0.6 is 66.1 Å². The molecule has 1 heterocycles. The summed E-state index contributed by atoms with van der Waals surface area (Å²) in [7, 11) is 1.54. The minimum atomic E-state index is -0.173. The van der Waals surface area contributed by atoms with Gasteiger partial charge in [-0.3, -0.25) is 9.59 Å². The fraction of sp³-hybridized carbons (Fsp3) is 0.200. The highest BCUT2D eigenvalue weighted by Crippen LogP contribution is 2.29. The molecule has 3 aromatic rings. The van der Waals surface area contributed by atoms with Gasteiger partial charge in [0.1, 0.15) is 5.75 Å². The normalized spacial score (nSPS) is 13.5. The van der Waals surface area contributed by atoms with Crippen molar-refractivity contribution in [3.05, 3.63) is 83.3 Å². The Morgan fingerprint density at radius 2 is 1.66 bits per heavy atom. The van der Waals surface area contributed by atoms with Crippen LogP contribution in [0.15, 0.2) is 63.5 Å². The molecule has 1 aliphatic rings. The molecule has 4 rings (SSSR count). The Balaban J connectivity index is 1.38. The van der Waals surface area contributed by atoms with Gasteiger partial charge in [0.05, 0.1) is 18.2 Å². The third-order valence-corrected chi connectivity index (χ3v) is 8.91. The maximum atomic E-state index is 13.0. The smallest absolute Gasteiger partial charge is 0.257 e. The molecule has 1 aliphatic heterocycles. The molecule has 1 saturated heterocycles. The molecule has 3 aromatic carbocycles. The first-order valence-electron chi connectivity index (χ1n) is 10.7. The summed E-state index contributed by atoms with van der Waals surface area (Å²) in [4.78, 5) is 29.9.